The van der Waals surface area contributed by atoms with Crippen molar-refractivity contribution in [3.63, 3.8) is 0 Å². The largest absolute Gasteiger partial charge is 0.493 e. The molecule has 0 unspecified atom stereocenters. The molecule has 0 spiro atoms. The van der Waals surface area contributed by atoms with Gasteiger partial charge in [-0.25, -0.2) is 9.97 Å². The number of carbonyl (C=O) groups excluding carboxylic acids is 1. The highest BCUT2D eigenvalue weighted by atomic mass is 32.2. The second-order valence-corrected chi connectivity index (χ2v) is 8.70. The molecule has 3 heterocycles. The maximum absolute atomic E-state index is 12.9. The normalized spacial score (nSPS) is 15.6. The van der Waals surface area contributed by atoms with Crippen molar-refractivity contribution >= 4 is 45.3 Å². The number of hydrogen-bond acceptors (Lipinski definition) is 5. The first kappa shape index (κ1) is 19.1. The van der Waals surface area contributed by atoms with Crippen LogP contribution in [0.1, 0.15) is 18.0 Å². The van der Waals surface area contributed by atoms with Crippen LogP contribution in [0.2, 0.25) is 0 Å². The van der Waals surface area contributed by atoms with Gasteiger partial charge in [-0.3, -0.25) is 9.20 Å². The van der Waals surface area contributed by atoms with E-state index in [4.69, 9.17) is 14.7 Å². The van der Waals surface area contributed by atoms with E-state index < -0.39 is 0 Å². The SMILES string of the molecule is O=C(CSc1nc2ccccc2c2nc3ccccc3n12)N[C@@H]1CCOc2ccccc21. The van der Waals surface area contributed by atoms with Gasteiger partial charge in [0.2, 0.25) is 5.91 Å². The number of imidazole rings is 1. The van der Waals surface area contributed by atoms with Gasteiger partial charge >= 0.3 is 0 Å². The molecule has 0 aliphatic carbocycles. The van der Waals surface area contributed by atoms with Crippen molar-refractivity contribution in [2.75, 3.05) is 12.4 Å². The van der Waals surface area contributed by atoms with Crippen LogP contribution in [0.5, 0.6) is 5.75 Å². The molecule has 1 amide bonds. The minimum Gasteiger partial charge on any atom is -0.493 e. The fourth-order valence-electron chi connectivity index (χ4n) is 4.27. The molecule has 6 rings (SSSR count). The Hall–Kier alpha value is -3.58. The summed E-state index contributed by atoms with van der Waals surface area (Å²) < 4.78 is 7.76. The van der Waals surface area contributed by atoms with Gasteiger partial charge < -0.3 is 10.1 Å². The third-order valence-electron chi connectivity index (χ3n) is 5.74. The highest BCUT2D eigenvalue weighted by Gasteiger charge is 2.23. The molecule has 32 heavy (non-hydrogen) atoms. The van der Waals surface area contributed by atoms with E-state index in [0.717, 1.165) is 50.5 Å². The predicted octanol–water partition coefficient (Wildman–Crippen LogP) is 4.77. The number of amides is 1. The third-order valence-corrected chi connectivity index (χ3v) is 6.68. The molecule has 0 saturated heterocycles. The average Bonchev–Trinajstić information content (AvgIpc) is 3.23. The maximum Gasteiger partial charge on any atom is 0.230 e. The Morgan fingerprint density at radius 3 is 2.72 bits per heavy atom. The zero-order valence-corrected chi connectivity index (χ0v) is 18.0. The summed E-state index contributed by atoms with van der Waals surface area (Å²) in [7, 11) is 0. The molecule has 3 aromatic carbocycles. The van der Waals surface area contributed by atoms with E-state index in [1.165, 1.54) is 11.8 Å². The van der Waals surface area contributed by atoms with Crippen molar-refractivity contribution in [2.45, 2.75) is 17.6 Å². The lowest BCUT2D eigenvalue weighted by atomic mass is 10.0. The van der Waals surface area contributed by atoms with Crippen LogP contribution < -0.4 is 10.1 Å². The minimum absolute atomic E-state index is 0.0239. The lowest BCUT2D eigenvalue weighted by molar-refractivity contribution is -0.119. The molecule has 158 valence electrons. The molecule has 0 radical (unpaired) electrons. The second-order valence-electron chi connectivity index (χ2n) is 7.75. The number of para-hydroxylation sites is 4. The highest BCUT2D eigenvalue weighted by Crippen LogP contribution is 2.32. The lowest BCUT2D eigenvalue weighted by Crippen LogP contribution is -2.33. The molecule has 1 N–H and O–H groups in total. The second kappa shape index (κ2) is 7.84. The summed E-state index contributed by atoms with van der Waals surface area (Å²) in [6, 6.07) is 23.8. The molecular weight excluding hydrogens is 420 g/mol. The number of ether oxygens (including phenoxy) is 1. The summed E-state index contributed by atoms with van der Waals surface area (Å²) in [5.41, 5.74) is 4.66. The van der Waals surface area contributed by atoms with Crippen LogP contribution in [0.3, 0.4) is 0 Å². The maximum atomic E-state index is 12.9. The van der Waals surface area contributed by atoms with Gasteiger partial charge in [-0.05, 0) is 30.3 Å². The van der Waals surface area contributed by atoms with Crippen molar-refractivity contribution in [1.82, 2.24) is 19.7 Å². The zero-order chi connectivity index (χ0) is 21.5. The van der Waals surface area contributed by atoms with Gasteiger partial charge in [0, 0.05) is 17.4 Å². The van der Waals surface area contributed by atoms with Crippen molar-refractivity contribution in [3.05, 3.63) is 78.4 Å². The van der Waals surface area contributed by atoms with Crippen LogP contribution in [0.15, 0.2) is 78.0 Å². The van der Waals surface area contributed by atoms with Crippen molar-refractivity contribution in [1.29, 1.82) is 0 Å². The summed E-state index contributed by atoms with van der Waals surface area (Å²) in [5.74, 6) is 1.09. The fourth-order valence-corrected chi connectivity index (χ4v) is 5.09. The zero-order valence-electron chi connectivity index (χ0n) is 17.2. The van der Waals surface area contributed by atoms with E-state index in [1.54, 1.807) is 0 Å². The van der Waals surface area contributed by atoms with Crippen LogP contribution >= 0.6 is 11.8 Å². The topological polar surface area (TPSA) is 68.5 Å². The van der Waals surface area contributed by atoms with Gasteiger partial charge in [0.05, 0.1) is 35.0 Å². The van der Waals surface area contributed by atoms with Crippen molar-refractivity contribution in [2.24, 2.45) is 0 Å². The summed E-state index contributed by atoms with van der Waals surface area (Å²) in [6.45, 7) is 0.600. The number of aromatic nitrogens is 3. The summed E-state index contributed by atoms with van der Waals surface area (Å²) >= 11 is 1.43. The molecule has 1 atom stereocenters. The smallest absolute Gasteiger partial charge is 0.230 e. The number of thioether (sulfide) groups is 1. The van der Waals surface area contributed by atoms with Gasteiger partial charge in [0.25, 0.3) is 0 Å². The summed E-state index contributed by atoms with van der Waals surface area (Å²) in [5, 5.41) is 4.92. The van der Waals surface area contributed by atoms with Crippen LogP contribution in [0.25, 0.3) is 27.6 Å². The van der Waals surface area contributed by atoms with Crippen molar-refractivity contribution in [3.8, 4) is 5.75 Å². The van der Waals surface area contributed by atoms with Gasteiger partial charge in [-0.15, -0.1) is 0 Å². The first-order valence-electron chi connectivity index (χ1n) is 10.6. The molecule has 2 aromatic heterocycles. The predicted molar refractivity (Wildman–Crippen MR) is 126 cm³/mol. The first-order chi connectivity index (χ1) is 15.8. The quantitative estimate of drug-likeness (QED) is 0.322. The van der Waals surface area contributed by atoms with E-state index in [9.17, 15) is 4.79 Å². The van der Waals surface area contributed by atoms with E-state index in [0.29, 0.717) is 6.61 Å². The Balaban J connectivity index is 1.31. The standard InChI is InChI=1S/C25H20N4O2S/c30-23(26-19-13-14-31-22-12-6-2-7-16(19)22)15-32-25-28-18-9-3-1-8-17(18)24-27-20-10-4-5-11-21(20)29(24)25/h1-12,19H,13-15H2,(H,26,30)/t19-/m1/s1. The van der Waals surface area contributed by atoms with Gasteiger partial charge in [0.15, 0.2) is 5.16 Å². The average molecular weight is 441 g/mol. The number of nitrogens with one attached hydrogen (secondary N) is 1. The molecule has 6 nitrogen and oxygen atoms in total. The number of hydrogen-bond donors (Lipinski definition) is 1. The van der Waals surface area contributed by atoms with E-state index >= 15 is 0 Å². The van der Waals surface area contributed by atoms with Gasteiger partial charge in [0.1, 0.15) is 11.4 Å². The molecule has 0 bridgehead atoms. The number of benzene rings is 3. The number of carbonyl (C=O) groups is 1. The van der Waals surface area contributed by atoms with E-state index in [1.807, 2.05) is 72.8 Å². The Morgan fingerprint density at radius 2 is 1.78 bits per heavy atom. The van der Waals surface area contributed by atoms with Crippen LogP contribution in [0.4, 0.5) is 0 Å². The molecule has 0 saturated carbocycles. The molecule has 7 heteroatoms. The van der Waals surface area contributed by atoms with Crippen LogP contribution in [0, 0.1) is 0 Å². The first-order valence-corrected chi connectivity index (χ1v) is 11.6. The Labute approximate surface area is 188 Å². The summed E-state index contributed by atoms with van der Waals surface area (Å²) in [6.07, 6.45) is 0.762. The van der Waals surface area contributed by atoms with Crippen LogP contribution in [-0.4, -0.2) is 32.6 Å². The number of fused-ring (bicyclic) bond motifs is 6. The van der Waals surface area contributed by atoms with Gasteiger partial charge in [-0.1, -0.05) is 54.2 Å². The molecular formula is C25H20N4O2S. The Morgan fingerprint density at radius 1 is 1.00 bits per heavy atom. The lowest BCUT2D eigenvalue weighted by Gasteiger charge is -2.26. The number of nitrogens with zero attached hydrogens (tertiary/aromatic N) is 3. The van der Waals surface area contributed by atoms with E-state index in [2.05, 4.69) is 9.72 Å². The summed E-state index contributed by atoms with van der Waals surface area (Å²) in [4.78, 5) is 22.6. The molecule has 1 aliphatic heterocycles. The Bertz CT molecular complexity index is 1480. The highest BCUT2D eigenvalue weighted by molar-refractivity contribution is 7.99. The molecule has 1 aliphatic rings. The minimum atomic E-state index is -0.0355. The fraction of sp³-hybridized carbons (Fsp3) is 0.160. The van der Waals surface area contributed by atoms with E-state index in [-0.39, 0.29) is 17.7 Å². The van der Waals surface area contributed by atoms with Crippen molar-refractivity contribution < 1.29 is 9.53 Å². The molecule has 0 fully saturated rings. The van der Waals surface area contributed by atoms with Crippen LogP contribution in [-0.2, 0) is 4.79 Å². The monoisotopic (exact) mass is 440 g/mol. The molecule has 5 aromatic rings. The third kappa shape index (κ3) is 3.26. The number of rotatable bonds is 4. The van der Waals surface area contributed by atoms with Gasteiger partial charge in [-0.2, -0.15) is 0 Å². The Kier molecular flexibility index (Phi) is 4.69.